The van der Waals surface area contributed by atoms with Crippen LogP contribution in [0.3, 0.4) is 0 Å². The van der Waals surface area contributed by atoms with Crippen LogP contribution in [0.4, 0.5) is 5.69 Å². The van der Waals surface area contributed by atoms with Gasteiger partial charge >= 0.3 is 0 Å². The zero-order valence-corrected chi connectivity index (χ0v) is 11.9. The molecule has 0 bridgehead atoms. The molecule has 0 spiro atoms. The molecule has 6 heteroatoms. The largest absolute Gasteiger partial charge is 0.333 e. The summed E-state index contributed by atoms with van der Waals surface area (Å²) in [5, 5.41) is 0.605. The lowest BCUT2D eigenvalue weighted by molar-refractivity contribution is -0.116. The van der Waals surface area contributed by atoms with Gasteiger partial charge in [0.05, 0.1) is 5.69 Å². The number of rotatable bonds is 1. The van der Waals surface area contributed by atoms with Gasteiger partial charge in [-0.05, 0) is 18.2 Å². The molecule has 20 heavy (non-hydrogen) atoms. The third kappa shape index (κ3) is 2.00. The molecule has 0 fully saturated rings. The van der Waals surface area contributed by atoms with E-state index in [9.17, 15) is 4.79 Å². The number of nitrogens with zero attached hydrogens (tertiary/aromatic N) is 4. The second-order valence-electron chi connectivity index (χ2n) is 4.64. The normalized spacial score (nSPS) is 14.8. The summed E-state index contributed by atoms with van der Waals surface area (Å²) < 4.78 is 1.87. The van der Waals surface area contributed by atoms with Crippen LogP contribution in [-0.4, -0.2) is 34.8 Å². The lowest BCUT2D eigenvalue weighted by Gasteiger charge is -2.17. The second kappa shape index (κ2) is 4.76. The Morgan fingerprint density at radius 3 is 2.80 bits per heavy atom. The fourth-order valence-electron chi connectivity index (χ4n) is 2.25. The number of anilines is 1. The number of hydrogen-bond donors (Lipinski definition) is 0. The lowest BCUT2D eigenvalue weighted by Crippen LogP contribution is -2.27. The number of aromatic nitrogens is 2. The van der Waals surface area contributed by atoms with E-state index < -0.39 is 0 Å². The molecule has 2 heterocycles. The van der Waals surface area contributed by atoms with Gasteiger partial charge in [-0.3, -0.25) is 9.79 Å². The number of hydrogen-bond acceptors (Lipinski definition) is 3. The molecule has 1 aliphatic heterocycles. The van der Waals surface area contributed by atoms with Crippen LogP contribution < -0.4 is 4.90 Å². The van der Waals surface area contributed by atoms with E-state index in [0.717, 1.165) is 17.1 Å². The summed E-state index contributed by atoms with van der Waals surface area (Å²) in [5.41, 5.74) is 2.30. The Balaban J connectivity index is 2.26. The highest BCUT2D eigenvalue weighted by Crippen LogP contribution is 2.28. The molecule has 1 aromatic carbocycles. The first-order valence-corrected chi connectivity index (χ1v) is 6.54. The number of aryl methyl sites for hydroxylation is 1. The van der Waals surface area contributed by atoms with Gasteiger partial charge in [-0.25, -0.2) is 4.98 Å². The van der Waals surface area contributed by atoms with Gasteiger partial charge in [0.15, 0.2) is 5.82 Å². The highest BCUT2D eigenvalue weighted by Gasteiger charge is 2.24. The Morgan fingerprint density at radius 2 is 2.10 bits per heavy atom. The summed E-state index contributed by atoms with van der Waals surface area (Å²) in [7, 11) is 3.64. The Hall–Kier alpha value is -2.14. The fraction of sp³-hybridized carbons (Fsp3) is 0.214. The van der Waals surface area contributed by atoms with E-state index in [1.165, 1.54) is 0 Å². The van der Waals surface area contributed by atoms with Crippen LogP contribution in [0, 0.1) is 0 Å². The monoisotopic (exact) mass is 288 g/mol. The quantitative estimate of drug-likeness (QED) is 0.804. The van der Waals surface area contributed by atoms with Crippen molar-refractivity contribution in [2.24, 2.45) is 12.0 Å². The Labute approximate surface area is 121 Å². The zero-order chi connectivity index (χ0) is 14.3. The van der Waals surface area contributed by atoms with Gasteiger partial charge in [0.25, 0.3) is 0 Å². The molecule has 1 aliphatic rings. The van der Waals surface area contributed by atoms with E-state index in [4.69, 9.17) is 11.6 Å². The molecule has 5 nitrogen and oxygen atoms in total. The second-order valence-corrected chi connectivity index (χ2v) is 5.08. The van der Waals surface area contributed by atoms with Gasteiger partial charge in [-0.2, -0.15) is 0 Å². The van der Waals surface area contributed by atoms with Crippen molar-refractivity contribution in [3.8, 4) is 0 Å². The van der Waals surface area contributed by atoms with Crippen molar-refractivity contribution in [1.82, 2.24) is 9.55 Å². The third-order valence-corrected chi connectivity index (χ3v) is 3.59. The number of fused-ring (bicyclic) bond motifs is 1. The minimum atomic E-state index is -0.0576. The molecular weight excluding hydrogens is 276 g/mol. The van der Waals surface area contributed by atoms with Crippen LogP contribution >= 0.6 is 11.6 Å². The van der Waals surface area contributed by atoms with E-state index >= 15 is 0 Å². The van der Waals surface area contributed by atoms with E-state index in [2.05, 4.69) is 9.98 Å². The number of carbonyl (C=O) groups excluding carboxylic acids is 1. The van der Waals surface area contributed by atoms with Crippen molar-refractivity contribution in [3.05, 3.63) is 47.0 Å². The molecule has 1 aromatic heterocycles. The number of halogens is 1. The topological polar surface area (TPSA) is 50.5 Å². The van der Waals surface area contributed by atoms with Gasteiger partial charge < -0.3 is 9.47 Å². The molecule has 0 N–H and O–H groups in total. The molecule has 0 radical (unpaired) electrons. The molecule has 0 saturated heterocycles. The first-order chi connectivity index (χ1) is 9.58. The predicted molar refractivity (Wildman–Crippen MR) is 78.6 cm³/mol. The third-order valence-electron chi connectivity index (χ3n) is 3.35. The van der Waals surface area contributed by atoms with Crippen molar-refractivity contribution in [2.75, 3.05) is 18.5 Å². The smallest absolute Gasteiger partial charge is 0.248 e. The molecule has 2 aromatic rings. The SMILES string of the molecule is CN1C(=O)CN=C(c2nccn2C)c2cc(Cl)ccc21. The van der Waals surface area contributed by atoms with Crippen LogP contribution in [0.5, 0.6) is 0 Å². The number of likely N-dealkylation sites (N-methyl/N-ethyl adjacent to an activating group) is 1. The molecular formula is C14H13ClN4O. The van der Waals surface area contributed by atoms with Crippen molar-refractivity contribution >= 4 is 28.9 Å². The summed E-state index contributed by atoms with van der Waals surface area (Å²) in [4.78, 5) is 22.4. The summed E-state index contributed by atoms with van der Waals surface area (Å²) in [6, 6.07) is 5.42. The van der Waals surface area contributed by atoms with Gasteiger partial charge in [0.1, 0.15) is 12.3 Å². The maximum Gasteiger partial charge on any atom is 0.248 e. The van der Waals surface area contributed by atoms with E-state index in [-0.39, 0.29) is 12.5 Å². The molecule has 3 rings (SSSR count). The van der Waals surface area contributed by atoms with E-state index in [0.29, 0.717) is 10.7 Å². The highest BCUT2D eigenvalue weighted by atomic mass is 35.5. The van der Waals surface area contributed by atoms with Crippen LogP contribution in [0.25, 0.3) is 0 Å². The minimum absolute atomic E-state index is 0.0576. The van der Waals surface area contributed by atoms with Crippen LogP contribution in [0.2, 0.25) is 5.02 Å². The lowest BCUT2D eigenvalue weighted by atomic mass is 10.1. The average Bonchev–Trinajstić information content (AvgIpc) is 2.80. The summed E-state index contributed by atoms with van der Waals surface area (Å²) in [6.07, 6.45) is 3.55. The fourth-order valence-corrected chi connectivity index (χ4v) is 2.42. The van der Waals surface area contributed by atoms with Gasteiger partial charge in [-0.1, -0.05) is 11.6 Å². The molecule has 102 valence electrons. The zero-order valence-electron chi connectivity index (χ0n) is 11.2. The molecule has 0 unspecified atom stereocenters. The van der Waals surface area contributed by atoms with Crippen molar-refractivity contribution in [3.63, 3.8) is 0 Å². The van der Waals surface area contributed by atoms with Crippen LogP contribution in [0.15, 0.2) is 35.6 Å². The number of aliphatic imine (C=N–C) groups is 1. The summed E-state index contributed by atoms with van der Waals surface area (Å²) >= 11 is 6.09. The van der Waals surface area contributed by atoms with Gasteiger partial charge in [0, 0.05) is 37.1 Å². The number of benzene rings is 1. The number of imidazole rings is 1. The first kappa shape index (κ1) is 12.9. The number of amides is 1. The van der Waals surface area contributed by atoms with E-state index in [1.807, 2.05) is 29.9 Å². The number of carbonyl (C=O) groups is 1. The van der Waals surface area contributed by atoms with Crippen LogP contribution in [-0.2, 0) is 11.8 Å². The standard InChI is InChI=1S/C14H13ClN4O/c1-18-6-5-16-14(18)13-10-7-9(15)3-4-11(10)19(2)12(20)8-17-13/h3-7H,8H2,1-2H3. The highest BCUT2D eigenvalue weighted by molar-refractivity contribution is 6.31. The molecule has 0 atom stereocenters. The van der Waals surface area contributed by atoms with E-state index in [1.54, 1.807) is 24.2 Å². The average molecular weight is 289 g/mol. The Morgan fingerprint density at radius 1 is 1.30 bits per heavy atom. The van der Waals surface area contributed by atoms with Crippen molar-refractivity contribution in [1.29, 1.82) is 0 Å². The Kier molecular flexibility index (Phi) is 3.06. The maximum absolute atomic E-state index is 12.0. The van der Waals surface area contributed by atoms with Crippen molar-refractivity contribution < 1.29 is 4.79 Å². The van der Waals surface area contributed by atoms with Crippen LogP contribution in [0.1, 0.15) is 11.4 Å². The molecule has 0 saturated carbocycles. The first-order valence-electron chi connectivity index (χ1n) is 6.16. The molecule has 1 amide bonds. The number of benzodiazepines with no additional fused rings is 1. The summed E-state index contributed by atoms with van der Waals surface area (Å²) in [6.45, 7) is 0.102. The maximum atomic E-state index is 12.0. The Bertz CT molecular complexity index is 720. The summed E-state index contributed by atoms with van der Waals surface area (Å²) in [5.74, 6) is 0.661. The predicted octanol–water partition coefficient (Wildman–Crippen LogP) is 1.89. The van der Waals surface area contributed by atoms with Gasteiger partial charge in [-0.15, -0.1) is 0 Å². The minimum Gasteiger partial charge on any atom is -0.333 e. The van der Waals surface area contributed by atoms with Gasteiger partial charge in [0.2, 0.25) is 5.91 Å². The molecule has 0 aliphatic carbocycles. The van der Waals surface area contributed by atoms with Crippen molar-refractivity contribution in [2.45, 2.75) is 0 Å².